The minimum Gasteiger partial charge on any atom is -0.481 e. The number of hydrogen-bond donors (Lipinski definition) is 1. The fraction of sp³-hybridized carbons (Fsp3) is 0.429. The van der Waals surface area contributed by atoms with Crippen LogP contribution in [-0.2, 0) is 9.59 Å². The molecule has 0 spiro atoms. The molecule has 1 aliphatic heterocycles. The van der Waals surface area contributed by atoms with Crippen LogP contribution in [0.1, 0.15) is 22.6 Å². The third kappa shape index (κ3) is 3.67. The minimum atomic E-state index is -0.810. The first-order valence-electron chi connectivity index (χ1n) is 6.32. The number of carbonyl (C=O) groups is 2. The Morgan fingerprint density at radius 1 is 1.47 bits per heavy atom. The van der Waals surface area contributed by atoms with Gasteiger partial charge in [0.15, 0.2) is 0 Å². The van der Waals surface area contributed by atoms with E-state index in [0.29, 0.717) is 19.5 Å². The van der Waals surface area contributed by atoms with Gasteiger partial charge in [-0.2, -0.15) is 0 Å². The Labute approximate surface area is 116 Å². The molecule has 2 heterocycles. The highest BCUT2D eigenvalue weighted by molar-refractivity contribution is 7.12. The van der Waals surface area contributed by atoms with E-state index in [-0.39, 0.29) is 5.91 Å². The second-order valence-electron chi connectivity index (χ2n) is 4.74. The van der Waals surface area contributed by atoms with Gasteiger partial charge < -0.3 is 10.0 Å². The number of carboxylic acids is 1. The zero-order chi connectivity index (χ0) is 13.8. The van der Waals surface area contributed by atoms with Crippen LogP contribution >= 0.6 is 11.3 Å². The average Bonchev–Trinajstić information content (AvgIpc) is 2.82. The minimum absolute atomic E-state index is 0.1000. The van der Waals surface area contributed by atoms with Gasteiger partial charge in [0.25, 0.3) is 0 Å². The zero-order valence-electron chi connectivity index (χ0n) is 10.8. The van der Waals surface area contributed by atoms with Gasteiger partial charge in [-0.25, -0.2) is 0 Å². The fourth-order valence-corrected chi connectivity index (χ4v) is 2.96. The number of aliphatic carboxylic acids is 1. The van der Waals surface area contributed by atoms with Crippen molar-refractivity contribution < 1.29 is 14.7 Å². The largest absolute Gasteiger partial charge is 0.481 e. The van der Waals surface area contributed by atoms with E-state index in [4.69, 9.17) is 5.11 Å². The van der Waals surface area contributed by atoms with Crippen LogP contribution in [0.3, 0.4) is 0 Å². The number of piperidine rings is 1. The second kappa shape index (κ2) is 6.02. The molecule has 1 aromatic heterocycles. The number of carbonyl (C=O) groups excluding carboxylic acids is 1. The molecule has 102 valence electrons. The van der Waals surface area contributed by atoms with Crippen molar-refractivity contribution in [3.05, 3.63) is 28.0 Å². The van der Waals surface area contributed by atoms with Gasteiger partial charge >= 0.3 is 5.97 Å². The summed E-state index contributed by atoms with van der Waals surface area (Å²) in [7, 11) is 0. The van der Waals surface area contributed by atoms with Crippen LogP contribution in [0, 0.1) is 12.8 Å². The summed E-state index contributed by atoms with van der Waals surface area (Å²) in [5.41, 5.74) is 0. The number of likely N-dealkylation sites (tertiary alicyclic amines) is 1. The van der Waals surface area contributed by atoms with E-state index in [0.717, 1.165) is 11.3 Å². The van der Waals surface area contributed by atoms with Crippen molar-refractivity contribution in [1.29, 1.82) is 0 Å². The fourth-order valence-electron chi connectivity index (χ4n) is 2.18. The SMILES string of the molecule is Cc1ccc(/C=C/C(=O)N2CCC[C@H](C(=O)O)C2)s1. The molecule has 5 heteroatoms. The van der Waals surface area contributed by atoms with Crippen LogP contribution in [0.15, 0.2) is 18.2 Å². The average molecular weight is 279 g/mol. The van der Waals surface area contributed by atoms with Crippen LogP contribution < -0.4 is 0 Å². The van der Waals surface area contributed by atoms with Crippen LogP contribution in [0.5, 0.6) is 0 Å². The van der Waals surface area contributed by atoms with E-state index in [1.807, 2.05) is 19.1 Å². The summed E-state index contributed by atoms with van der Waals surface area (Å²) in [5.74, 6) is -1.33. The molecule has 1 aromatic rings. The molecule has 1 amide bonds. The molecule has 0 radical (unpaired) electrons. The molecular formula is C14H17NO3S. The molecule has 0 bridgehead atoms. The highest BCUT2D eigenvalue weighted by Crippen LogP contribution is 2.19. The Balaban J connectivity index is 1.96. The van der Waals surface area contributed by atoms with E-state index >= 15 is 0 Å². The lowest BCUT2D eigenvalue weighted by Crippen LogP contribution is -2.41. The van der Waals surface area contributed by atoms with Crippen molar-refractivity contribution in [3.8, 4) is 0 Å². The van der Waals surface area contributed by atoms with Gasteiger partial charge in [-0.1, -0.05) is 0 Å². The summed E-state index contributed by atoms with van der Waals surface area (Å²) in [6, 6.07) is 3.98. The molecule has 0 saturated carbocycles. The predicted molar refractivity (Wildman–Crippen MR) is 75.0 cm³/mol. The molecule has 1 aliphatic rings. The van der Waals surface area contributed by atoms with Crippen molar-refractivity contribution in [1.82, 2.24) is 4.90 Å². The molecule has 1 N–H and O–H groups in total. The Morgan fingerprint density at radius 3 is 2.89 bits per heavy atom. The number of amides is 1. The van der Waals surface area contributed by atoms with E-state index in [1.54, 1.807) is 22.3 Å². The topological polar surface area (TPSA) is 57.6 Å². The second-order valence-corrected chi connectivity index (χ2v) is 6.06. The number of carboxylic acid groups (broad SMARTS) is 1. The van der Waals surface area contributed by atoms with E-state index in [9.17, 15) is 9.59 Å². The maximum absolute atomic E-state index is 12.0. The van der Waals surface area contributed by atoms with Gasteiger partial charge in [0.1, 0.15) is 0 Å². The number of thiophene rings is 1. The normalized spacial score (nSPS) is 19.8. The van der Waals surface area contributed by atoms with Crippen LogP contribution in [-0.4, -0.2) is 35.0 Å². The molecule has 0 unspecified atom stereocenters. The van der Waals surface area contributed by atoms with Gasteiger partial charge in [0.2, 0.25) is 5.91 Å². The third-order valence-electron chi connectivity index (χ3n) is 3.23. The molecule has 1 atom stereocenters. The van der Waals surface area contributed by atoms with Crippen molar-refractivity contribution in [3.63, 3.8) is 0 Å². The highest BCUT2D eigenvalue weighted by Gasteiger charge is 2.26. The Hall–Kier alpha value is -1.62. The molecule has 2 rings (SSSR count). The monoisotopic (exact) mass is 279 g/mol. The summed E-state index contributed by atoms with van der Waals surface area (Å²) < 4.78 is 0. The number of hydrogen-bond acceptors (Lipinski definition) is 3. The lowest BCUT2D eigenvalue weighted by molar-refractivity contribution is -0.144. The van der Waals surface area contributed by atoms with E-state index < -0.39 is 11.9 Å². The van der Waals surface area contributed by atoms with Gasteiger partial charge in [-0.05, 0) is 38.0 Å². The Morgan fingerprint density at radius 2 is 2.26 bits per heavy atom. The molecule has 0 aliphatic carbocycles. The smallest absolute Gasteiger partial charge is 0.308 e. The molecule has 4 nitrogen and oxygen atoms in total. The molecule has 19 heavy (non-hydrogen) atoms. The summed E-state index contributed by atoms with van der Waals surface area (Å²) in [6.07, 6.45) is 4.75. The first-order chi connectivity index (χ1) is 9.06. The summed E-state index contributed by atoms with van der Waals surface area (Å²) in [4.78, 5) is 26.8. The lowest BCUT2D eigenvalue weighted by Gasteiger charge is -2.29. The Bertz CT molecular complexity index is 507. The molecule has 1 saturated heterocycles. The van der Waals surface area contributed by atoms with Crippen molar-refractivity contribution in [2.24, 2.45) is 5.92 Å². The van der Waals surface area contributed by atoms with Gasteiger partial charge in [-0.3, -0.25) is 9.59 Å². The predicted octanol–water partition coefficient (Wildman–Crippen LogP) is 2.39. The number of nitrogens with zero attached hydrogens (tertiary/aromatic N) is 1. The highest BCUT2D eigenvalue weighted by atomic mass is 32.1. The van der Waals surface area contributed by atoms with Crippen LogP contribution in [0.4, 0.5) is 0 Å². The first kappa shape index (κ1) is 13.8. The lowest BCUT2D eigenvalue weighted by atomic mass is 9.98. The van der Waals surface area contributed by atoms with Gasteiger partial charge in [0.05, 0.1) is 5.92 Å². The summed E-state index contributed by atoms with van der Waals surface area (Å²) in [6.45, 7) is 2.99. The molecule has 0 aromatic carbocycles. The number of aryl methyl sites for hydroxylation is 1. The standard InChI is InChI=1S/C14H17NO3S/c1-10-4-5-12(19-10)6-7-13(16)15-8-2-3-11(9-15)14(17)18/h4-7,11H,2-3,8-9H2,1H3,(H,17,18)/b7-6+/t11-/m0/s1. The zero-order valence-corrected chi connectivity index (χ0v) is 11.7. The van der Waals surface area contributed by atoms with E-state index in [2.05, 4.69) is 0 Å². The summed E-state index contributed by atoms with van der Waals surface area (Å²) >= 11 is 1.63. The van der Waals surface area contributed by atoms with Crippen molar-refractivity contribution in [2.75, 3.05) is 13.1 Å². The quantitative estimate of drug-likeness (QED) is 0.864. The third-order valence-corrected chi connectivity index (χ3v) is 4.20. The maximum Gasteiger partial charge on any atom is 0.308 e. The molecule has 1 fully saturated rings. The number of rotatable bonds is 3. The van der Waals surface area contributed by atoms with Crippen molar-refractivity contribution >= 4 is 29.3 Å². The van der Waals surface area contributed by atoms with Gasteiger partial charge in [0, 0.05) is 28.9 Å². The van der Waals surface area contributed by atoms with E-state index in [1.165, 1.54) is 11.0 Å². The maximum atomic E-state index is 12.0. The van der Waals surface area contributed by atoms with Crippen LogP contribution in [0.25, 0.3) is 6.08 Å². The van der Waals surface area contributed by atoms with Gasteiger partial charge in [-0.15, -0.1) is 11.3 Å². The van der Waals surface area contributed by atoms with Crippen molar-refractivity contribution in [2.45, 2.75) is 19.8 Å². The molecular weight excluding hydrogens is 262 g/mol. The van der Waals surface area contributed by atoms with Crippen LogP contribution in [0.2, 0.25) is 0 Å². The summed E-state index contributed by atoms with van der Waals surface area (Å²) in [5, 5.41) is 8.99. The Kier molecular flexibility index (Phi) is 4.37. The first-order valence-corrected chi connectivity index (χ1v) is 7.14.